The SMILES string of the molecule is CN(Cc1ccc(CC(=O)O)cc1)CC(F)(F)F. The maximum absolute atomic E-state index is 12.1. The number of hydrogen-bond donors (Lipinski definition) is 1. The van der Waals surface area contributed by atoms with Crippen LogP contribution in [0.1, 0.15) is 11.1 Å². The molecular formula is C12H14F3NO2. The molecule has 6 heteroatoms. The maximum Gasteiger partial charge on any atom is 0.401 e. The van der Waals surface area contributed by atoms with Gasteiger partial charge in [-0.3, -0.25) is 9.69 Å². The van der Waals surface area contributed by atoms with Gasteiger partial charge in [0.15, 0.2) is 0 Å². The van der Waals surface area contributed by atoms with Crippen LogP contribution in [0.2, 0.25) is 0 Å². The minimum atomic E-state index is -4.21. The van der Waals surface area contributed by atoms with Crippen LogP contribution in [0.4, 0.5) is 13.2 Å². The molecule has 1 rings (SSSR count). The molecule has 1 N–H and O–H groups in total. The monoisotopic (exact) mass is 261 g/mol. The van der Waals surface area contributed by atoms with Gasteiger partial charge in [-0.25, -0.2) is 0 Å². The molecule has 0 heterocycles. The third-order valence-corrected chi connectivity index (χ3v) is 2.28. The van der Waals surface area contributed by atoms with Crippen LogP contribution in [0.3, 0.4) is 0 Å². The van der Waals surface area contributed by atoms with Gasteiger partial charge in [-0.1, -0.05) is 24.3 Å². The number of nitrogens with zero attached hydrogens (tertiary/aromatic N) is 1. The van der Waals surface area contributed by atoms with Crippen molar-refractivity contribution in [2.24, 2.45) is 0 Å². The Balaban J connectivity index is 2.55. The summed E-state index contributed by atoms with van der Waals surface area (Å²) in [6.45, 7) is -0.795. The Bertz CT molecular complexity index is 401. The molecule has 1 aromatic carbocycles. The first kappa shape index (κ1) is 14.5. The van der Waals surface area contributed by atoms with E-state index in [-0.39, 0.29) is 13.0 Å². The average Bonchev–Trinajstić information content (AvgIpc) is 2.17. The van der Waals surface area contributed by atoms with Crippen LogP contribution in [0.25, 0.3) is 0 Å². The number of carbonyl (C=O) groups is 1. The van der Waals surface area contributed by atoms with Crippen LogP contribution in [0.15, 0.2) is 24.3 Å². The standard InChI is InChI=1S/C12H14F3NO2/c1-16(8-12(13,14)15)7-10-4-2-9(3-5-10)6-11(17)18/h2-5H,6-8H2,1H3,(H,17,18). The molecule has 0 atom stereocenters. The number of carboxylic acids is 1. The average molecular weight is 261 g/mol. The van der Waals surface area contributed by atoms with E-state index < -0.39 is 18.7 Å². The number of alkyl halides is 3. The van der Waals surface area contributed by atoms with E-state index in [0.29, 0.717) is 5.56 Å². The van der Waals surface area contributed by atoms with E-state index >= 15 is 0 Å². The molecule has 0 saturated carbocycles. The maximum atomic E-state index is 12.1. The molecule has 0 aromatic heterocycles. The fraction of sp³-hybridized carbons (Fsp3) is 0.417. The highest BCUT2D eigenvalue weighted by Gasteiger charge is 2.28. The minimum absolute atomic E-state index is 0.0847. The van der Waals surface area contributed by atoms with Gasteiger partial charge < -0.3 is 5.11 Å². The van der Waals surface area contributed by atoms with Crippen LogP contribution >= 0.6 is 0 Å². The first-order chi connectivity index (χ1) is 8.26. The molecular weight excluding hydrogens is 247 g/mol. The predicted molar refractivity (Wildman–Crippen MR) is 60.2 cm³/mol. The van der Waals surface area contributed by atoms with Gasteiger partial charge in [-0.2, -0.15) is 13.2 Å². The van der Waals surface area contributed by atoms with E-state index in [4.69, 9.17) is 5.11 Å². The lowest BCUT2D eigenvalue weighted by Crippen LogP contribution is -2.30. The molecule has 1 aromatic rings. The number of carboxylic acid groups (broad SMARTS) is 1. The second kappa shape index (κ2) is 5.86. The number of rotatable bonds is 5. The number of halogens is 3. The Morgan fingerprint density at radius 1 is 1.22 bits per heavy atom. The van der Waals surface area contributed by atoms with Gasteiger partial charge in [-0.15, -0.1) is 0 Å². The molecule has 3 nitrogen and oxygen atoms in total. The van der Waals surface area contributed by atoms with Gasteiger partial charge in [0, 0.05) is 6.54 Å². The molecule has 0 fully saturated rings. The molecule has 0 amide bonds. The zero-order valence-electron chi connectivity index (χ0n) is 9.87. The van der Waals surface area contributed by atoms with Crippen molar-refractivity contribution in [1.29, 1.82) is 0 Å². The van der Waals surface area contributed by atoms with Gasteiger partial charge in [0.1, 0.15) is 0 Å². The summed E-state index contributed by atoms with van der Waals surface area (Å²) in [6.07, 6.45) is -4.29. The van der Waals surface area contributed by atoms with E-state index in [1.807, 2.05) is 0 Å². The normalized spacial score (nSPS) is 11.8. The second-order valence-corrected chi connectivity index (χ2v) is 4.17. The second-order valence-electron chi connectivity index (χ2n) is 4.17. The summed E-state index contributed by atoms with van der Waals surface area (Å²) >= 11 is 0. The molecule has 0 saturated heterocycles. The van der Waals surface area contributed by atoms with Crippen molar-refractivity contribution in [1.82, 2.24) is 4.90 Å². The number of aliphatic carboxylic acids is 1. The van der Waals surface area contributed by atoms with E-state index in [0.717, 1.165) is 10.5 Å². The van der Waals surface area contributed by atoms with E-state index in [1.165, 1.54) is 7.05 Å². The Labute approximate surface area is 103 Å². The Hall–Kier alpha value is -1.56. The number of hydrogen-bond acceptors (Lipinski definition) is 2. The fourth-order valence-electron chi connectivity index (χ4n) is 1.61. The largest absolute Gasteiger partial charge is 0.481 e. The summed E-state index contributed by atoms with van der Waals surface area (Å²) in [5.41, 5.74) is 1.35. The zero-order valence-corrected chi connectivity index (χ0v) is 9.87. The molecule has 0 bridgehead atoms. The molecule has 18 heavy (non-hydrogen) atoms. The summed E-state index contributed by atoms with van der Waals surface area (Å²) in [7, 11) is 1.39. The Morgan fingerprint density at radius 3 is 2.17 bits per heavy atom. The molecule has 0 aliphatic rings. The quantitative estimate of drug-likeness (QED) is 0.884. The van der Waals surface area contributed by atoms with Crippen LogP contribution < -0.4 is 0 Å². The molecule has 0 unspecified atom stereocenters. The molecule has 100 valence electrons. The van der Waals surface area contributed by atoms with E-state index in [1.54, 1.807) is 24.3 Å². The minimum Gasteiger partial charge on any atom is -0.481 e. The van der Waals surface area contributed by atoms with Gasteiger partial charge in [0.2, 0.25) is 0 Å². The van der Waals surface area contributed by atoms with Crippen molar-refractivity contribution in [2.75, 3.05) is 13.6 Å². The van der Waals surface area contributed by atoms with Crippen molar-refractivity contribution in [2.45, 2.75) is 19.1 Å². The van der Waals surface area contributed by atoms with Crippen LogP contribution in [0, 0.1) is 0 Å². The van der Waals surface area contributed by atoms with Crippen molar-refractivity contribution in [3.05, 3.63) is 35.4 Å². The highest BCUT2D eigenvalue weighted by molar-refractivity contribution is 5.70. The highest BCUT2D eigenvalue weighted by Crippen LogP contribution is 2.17. The zero-order chi connectivity index (χ0) is 13.8. The van der Waals surface area contributed by atoms with E-state index in [9.17, 15) is 18.0 Å². The molecule has 0 spiro atoms. The lowest BCUT2D eigenvalue weighted by molar-refractivity contribution is -0.144. The lowest BCUT2D eigenvalue weighted by Gasteiger charge is -2.18. The van der Waals surface area contributed by atoms with Crippen molar-refractivity contribution >= 4 is 5.97 Å². The fourth-order valence-corrected chi connectivity index (χ4v) is 1.61. The Morgan fingerprint density at radius 2 is 1.72 bits per heavy atom. The van der Waals surface area contributed by atoms with Gasteiger partial charge in [-0.05, 0) is 18.2 Å². The summed E-state index contributed by atoms with van der Waals surface area (Å²) in [6, 6.07) is 6.52. The van der Waals surface area contributed by atoms with Gasteiger partial charge >= 0.3 is 12.1 Å². The topological polar surface area (TPSA) is 40.5 Å². The highest BCUT2D eigenvalue weighted by atomic mass is 19.4. The predicted octanol–water partition coefficient (Wildman–Crippen LogP) is 2.31. The third-order valence-electron chi connectivity index (χ3n) is 2.28. The summed E-state index contributed by atoms with van der Waals surface area (Å²) in [5, 5.41) is 8.58. The number of benzene rings is 1. The lowest BCUT2D eigenvalue weighted by atomic mass is 10.1. The van der Waals surface area contributed by atoms with Gasteiger partial charge in [0.25, 0.3) is 0 Å². The molecule has 0 radical (unpaired) electrons. The smallest absolute Gasteiger partial charge is 0.401 e. The van der Waals surface area contributed by atoms with E-state index in [2.05, 4.69) is 0 Å². The first-order valence-corrected chi connectivity index (χ1v) is 5.31. The van der Waals surface area contributed by atoms with Crippen LogP contribution in [-0.4, -0.2) is 35.7 Å². The summed E-state index contributed by atoms with van der Waals surface area (Å²) < 4.78 is 36.3. The van der Waals surface area contributed by atoms with Gasteiger partial charge in [0.05, 0.1) is 13.0 Å². The third kappa shape index (κ3) is 5.67. The van der Waals surface area contributed by atoms with Crippen molar-refractivity contribution in [3.63, 3.8) is 0 Å². The Kier molecular flexibility index (Phi) is 4.72. The summed E-state index contributed by atoms with van der Waals surface area (Å²) in [4.78, 5) is 11.6. The van der Waals surface area contributed by atoms with Crippen LogP contribution in [0.5, 0.6) is 0 Å². The van der Waals surface area contributed by atoms with Crippen LogP contribution in [-0.2, 0) is 17.8 Å². The van der Waals surface area contributed by atoms with Crippen molar-refractivity contribution < 1.29 is 23.1 Å². The summed E-state index contributed by atoms with van der Waals surface area (Å²) in [5.74, 6) is -0.933. The molecule has 0 aliphatic heterocycles. The first-order valence-electron chi connectivity index (χ1n) is 5.31. The van der Waals surface area contributed by atoms with Crippen molar-refractivity contribution in [3.8, 4) is 0 Å². The molecule has 0 aliphatic carbocycles.